The van der Waals surface area contributed by atoms with E-state index in [1.54, 1.807) is 19.1 Å². The smallest absolute Gasteiger partial charge is 0.312 e. The zero-order valence-electron chi connectivity index (χ0n) is 18.6. The van der Waals surface area contributed by atoms with E-state index in [0.717, 1.165) is 5.56 Å². The molecule has 4 rings (SSSR count). The number of alkyl halides is 1. The van der Waals surface area contributed by atoms with Crippen LogP contribution >= 0.6 is 27.5 Å². The van der Waals surface area contributed by atoms with Crippen molar-refractivity contribution >= 4 is 51.0 Å². The zero-order chi connectivity index (χ0) is 23.9. The molecule has 1 aromatic carbocycles. The number of nitrogens with zero attached hydrogens (tertiary/aromatic N) is 1. The fourth-order valence-electron chi connectivity index (χ4n) is 5.55. The lowest BCUT2D eigenvalue weighted by Crippen LogP contribution is -2.54. The Morgan fingerprint density at radius 2 is 2.15 bits per heavy atom. The maximum absolute atomic E-state index is 13.7. The van der Waals surface area contributed by atoms with Crippen LogP contribution in [0.3, 0.4) is 0 Å². The number of esters is 1. The molecular weight excluding hydrogens is 516 g/mol. The first-order chi connectivity index (χ1) is 15.8. The third-order valence-corrected chi connectivity index (χ3v) is 8.03. The first-order valence-electron chi connectivity index (χ1n) is 11.2. The van der Waals surface area contributed by atoms with Gasteiger partial charge in [0.1, 0.15) is 11.6 Å². The molecule has 8 nitrogen and oxygen atoms in total. The van der Waals surface area contributed by atoms with Crippen LogP contribution in [0.15, 0.2) is 18.2 Å². The number of amides is 2. The van der Waals surface area contributed by atoms with Crippen LogP contribution in [0, 0.1) is 18.8 Å². The number of anilines is 1. The molecule has 10 heteroatoms. The Hall–Kier alpha value is -1.68. The molecule has 2 bridgehead atoms. The van der Waals surface area contributed by atoms with Gasteiger partial charge in [0, 0.05) is 18.0 Å². The van der Waals surface area contributed by atoms with E-state index in [-0.39, 0.29) is 30.5 Å². The summed E-state index contributed by atoms with van der Waals surface area (Å²) in [6.07, 6.45) is 0.881. The Balaban J connectivity index is 1.72. The lowest BCUT2D eigenvalue weighted by Gasteiger charge is -2.34. The van der Waals surface area contributed by atoms with Crippen LogP contribution in [0.2, 0.25) is 5.02 Å². The number of aliphatic hydroxyl groups is 1. The van der Waals surface area contributed by atoms with E-state index in [9.17, 15) is 19.5 Å². The van der Waals surface area contributed by atoms with E-state index in [1.165, 1.54) is 4.90 Å². The molecule has 33 heavy (non-hydrogen) atoms. The highest BCUT2D eigenvalue weighted by Gasteiger charge is 2.76. The maximum atomic E-state index is 13.7. The predicted molar refractivity (Wildman–Crippen MR) is 125 cm³/mol. The minimum absolute atomic E-state index is 0.0141. The number of rotatable bonds is 8. The average molecular weight is 544 g/mol. The second kappa shape index (κ2) is 9.52. The average Bonchev–Trinajstić information content (AvgIpc) is 3.35. The fraction of sp³-hybridized carbons (Fsp3) is 0.609. The number of para-hydroxylation sites is 1. The highest BCUT2D eigenvalue weighted by atomic mass is 79.9. The van der Waals surface area contributed by atoms with Crippen molar-refractivity contribution in [3.05, 3.63) is 28.8 Å². The second-order valence-corrected chi connectivity index (χ2v) is 10.4. The number of carbonyl (C=O) groups is 3. The molecule has 1 unspecified atom stereocenters. The van der Waals surface area contributed by atoms with Crippen molar-refractivity contribution in [1.82, 2.24) is 4.90 Å². The van der Waals surface area contributed by atoms with E-state index >= 15 is 0 Å². The number of fused-ring (bicyclic) bond motifs is 1. The number of aliphatic hydroxyl groups excluding tert-OH is 1. The highest BCUT2D eigenvalue weighted by molar-refractivity contribution is 9.09. The fourth-order valence-corrected chi connectivity index (χ4v) is 6.77. The molecule has 6 atom stereocenters. The topological polar surface area (TPSA) is 105 Å². The van der Waals surface area contributed by atoms with Crippen LogP contribution in [-0.4, -0.2) is 70.1 Å². The number of unbranched alkanes of at least 4 members (excludes halogenated alkanes) is 1. The van der Waals surface area contributed by atoms with Crippen LogP contribution in [0.4, 0.5) is 5.69 Å². The highest BCUT2D eigenvalue weighted by Crippen LogP contribution is 2.60. The molecule has 0 aromatic heterocycles. The van der Waals surface area contributed by atoms with Crippen molar-refractivity contribution in [2.75, 3.05) is 25.1 Å². The third kappa shape index (κ3) is 3.96. The maximum Gasteiger partial charge on any atom is 0.312 e. The number of halogens is 2. The van der Waals surface area contributed by atoms with Gasteiger partial charge in [-0.05, 0) is 44.7 Å². The number of likely N-dealkylation sites (tertiary alicyclic amines) is 1. The number of aryl methyl sites for hydroxylation is 1. The summed E-state index contributed by atoms with van der Waals surface area (Å²) >= 11 is 9.94. The van der Waals surface area contributed by atoms with Crippen molar-refractivity contribution in [2.45, 2.75) is 55.7 Å². The molecule has 0 radical (unpaired) electrons. The van der Waals surface area contributed by atoms with E-state index in [2.05, 4.69) is 21.2 Å². The SMILES string of the molecule is CCOC(=O)[C@H]1[C@@H]2O[C@@]3(CC2Br)[C@@H]1C(=O)N(CCCCO)[C@@H]3C(=O)Nc1c(C)cccc1Cl. The van der Waals surface area contributed by atoms with Crippen LogP contribution in [0.25, 0.3) is 0 Å². The quantitative estimate of drug-likeness (QED) is 0.297. The molecular formula is C23H28BrClN2O6. The Labute approximate surface area is 206 Å². The summed E-state index contributed by atoms with van der Waals surface area (Å²) in [5.74, 6) is -2.76. The molecule has 180 valence electrons. The number of hydrogen-bond acceptors (Lipinski definition) is 6. The monoisotopic (exact) mass is 542 g/mol. The van der Waals surface area contributed by atoms with E-state index in [4.69, 9.17) is 21.1 Å². The first kappa shape index (κ1) is 24.4. The number of hydrogen-bond donors (Lipinski definition) is 2. The molecule has 3 fully saturated rings. The number of ether oxygens (including phenoxy) is 2. The van der Waals surface area contributed by atoms with Gasteiger partial charge in [-0.15, -0.1) is 0 Å². The molecule has 2 amide bonds. The van der Waals surface area contributed by atoms with Crippen molar-refractivity contribution < 1.29 is 29.0 Å². The van der Waals surface area contributed by atoms with Crippen LogP contribution < -0.4 is 5.32 Å². The zero-order valence-corrected chi connectivity index (χ0v) is 20.9. The van der Waals surface area contributed by atoms with Gasteiger partial charge in [-0.3, -0.25) is 14.4 Å². The van der Waals surface area contributed by atoms with Crippen molar-refractivity contribution in [1.29, 1.82) is 0 Å². The molecule has 1 spiro atoms. The molecule has 1 aromatic rings. The molecule has 0 aliphatic carbocycles. The van der Waals surface area contributed by atoms with Crippen molar-refractivity contribution in [3.8, 4) is 0 Å². The van der Waals surface area contributed by atoms with Gasteiger partial charge in [0.05, 0.1) is 35.3 Å². The standard InChI is InChI=1S/C23H28BrClN2O6/c1-3-32-22(31)15-16-21(30)27(9-4-5-10-28)19(23(16)11-13(24)18(15)33-23)20(29)26-17-12(2)7-6-8-14(17)25/h6-8,13,15-16,18-19,28H,3-5,9-11H2,1-2H3,(H,26,29)/t13?,15-,16+,18-,19-,23+/m1/s1. The molecule has 2 N–H and O–H groups in total. The molecule has 0 saturated carbocycles. The van der Waals surface area contributed by atoms with Gasteiger partial charge < -0.3 is 24.8 Å². The lowest BCUT2D eigenvalue weighted by atomic mass is 9.70. The normalized spacial score (nSPS) is 32.2. The molecule has 3 heterocycles. The molecule has 3 aliphatic heterocycles. The number of carbonyl (C=O) groups excluding carboxylic acids is 3. The summed E-state index contributed by atoms with van der Waals surface area (Å²) in [5, 5.41) is 12.5. The first-order valence-corrected chi connectivity index (χ1v) is 12.5. The summed E-state index contributed by atoms with van der Waals surface area (Å²) in [7, 11) is 0. The minimum Gasteiger partial charge on any atom is -0.466 e. The van der Waals surface area contributed by atoms with Crippen LogP contribution in [0.5, 0.6) is 0 Å². The largest absolute Gasteiger partial charge is 0.466 e. The Kier molecular flexibility index (Phi) is 7.05. The summed E-state index contributed by atoms with van der Waals surface area (Å²) in [6.45, 7) is 4.00. The lowest BCUT2D eigenvalue weighted by molar-refractivity contribution is -0.154. The van der Waals surface area contributed by atoms with Gasteiger partial charge in [0.25, 0.3) is 0 Å². The van der Waals surface area contributed by atoms with E-state index in [0.29, 0.717) is 30.0 Å². The number of nitrogens with one attached hydrogen (secondary N) is 1. The van der Waals surface area contributed by atoms with Crippen molar-refractivity contribution in [3.63, 3.8) is 0 Å². The van der Waals surface area contributed by atoms with Crippen LogP contribution in [-0.2, 0) is 23.9 Å². The Morgan fingerprint density at radius 3 is 2.82 bits per heavy atom. The van der Waals surface area contributed by atoms with Gasteiger partial charge in [0.15, 0.2) is 0 Å². The third-order valence-electron chi connectivity index (χ3n) is 6.87. The van der Waals surface area contributed by atoms with Gasteiger partial charge in [-0.1, -0.05) is 39.7 Å². The second-order valence-electron chi connectivity index (χ2n) is 8.80. The van der Waals surface area contributed by atoms with Crippen LogP contribution in [0.1, 0.15) is 31.7 Å². The Bertz CT molecular complexity index is 941. The van der Waals surface area contributed by atoms with Gasteiger partial charge >= 0.3 is 5.97 Å². The van der Waals surface area contributed by atoms with Gasteiger partial charge in [-0.2, -0.15) is 0 Å². The Morgan fingerprint density at radius 1 is 1.39 bits per heavy atom. The predicted octanol–water partition coefficient (Wildman–Crippen LogP) is 2.67. The van der Waals surface area contributed by atoms with E-state index in [1.807, 2.05) is 13.0 Å². The summed E-state index contributed by atoms with van der Waals surface area (Å²) in [6, 6.07) is 4.38. The summed E-state index contributed by atoms with van der Waals surface area (Å²) in [4.78, 5) is 41.5. The van der Waals surface area contributed by atoms with Gasteiger partial charge in [-0.25, -0.2) is 0 Å². The van der Waals surface area contributed by atoms with Crippen molar-refractivity contribution in [2.24, 2.45) is 11.8 Å². The summed E-state index contributed by atoms with van der Waals surface area (Å²) < 4.78 is 11.6. The molecule has 3 aliphatic rings. The van der Waals surface area contributed by atoms with E-state index < -0.39 is 41.5 Å². The number of benzene rings is 1. The summed E-state index contributed by atoms with van der Waals surface area (Å²) in [5.41, 5.74) is 0.128. The van der Waals surface area contributed by atoms with Gasteiger partial charge in [0.2, 0.25) is 11.8 Å². The molecule has 3 saturated heterocycles. The minimum atomic E-state index is -1.15.